The van der Waals surface area contributed by atoms with Gasteiger partial charge < -0.3 is 19.3 Å². The number of benzene rings is 3. The van der Waals surface area contributed by atoms with E-state index in [0.717, 1.165) is 4.70 Å². The third kappa shape index (κ3) is 4.26. The highest BCUT2D eigenvalue weighted by Crippen LogP contribution is 2.46. The maximum Gasteiger partial charge on any atom is 0.301 e. The van der Waals surface area contributed by atoms with Gasteiger partial charge >= 0.3 is 5.91 Å². The first kappa shape index (κ1) is 24.6. The van der Waals surface area contributed by atoms with Gasteiger partial charge in [-0.25, -0.2) is 4.98 Å². The number of aliphatic hydroxyl groups is 1. The Hall–Kier alpha value is -4.08. The fraction of sp³-hybridized carbons (Fsp3) is 0.148. The van der Waals surface area contributed by atoms with Crippen LogP contribution in [0, 0.1) is 0 Å². The van der Waals surface area contributed by atoms with Crippen LogP contribution in [0.25, 0.3) is 16.0 Å². The van der Waals surface area contributed by atoms with Gasteiger partial charge in [0, 0.05) is 10.6 Å². The summed E-state index contributed by atoms with van der Waals surface area (Å²) in [6.45, 7) is 0. The zero-order chi connectivity index (χ0) is 26.3. The van der Waals surface area contributed by atoms with E-state index in [4.69, 9.17) is 25.8 Å². The van der Waals surface area contributed by atoms with Crippen molar-refractivity contribution in [3.8, 4) is 17.2 Å². The van der Waals surface area contributed by atoms with Gasteiger partial charge in [-0.2, -0.15) is 0 Å². The van der Waals surface area contributed by atoms with E-state index in [2.05, 4.69) is 4.98 Å². The number of Topliss-reactive ketones (excluding diaryl/α,β-unsaturated/α-hetero) is 1. The number of carbonyl (C=O) groups is 2. The molecule has 1 atom stereocenters. The van der Waals surface area contributed by atoms with Crippen molar-refractivity contribution in [1.29, 1.82) is 0 Å². The van der Waals surface area contributed by atoms with Crippen molar-refractivity contribution in [2.24, 2.45) is 0 Å². The molecule has 10 heteroatoms. The quantitative estimate of drug-likeness (QED) is 0.194. The zero-order valence-corrected chi connectivity index (χ0v) is 21.6. The number of halogens is 1. The van der Waals surface area contributed by atoms with Gasteiger partial charge in [-0.3, -0.25) is 14.5 Å². The van der Waals surface area contributed by atoms with Gasteiger partial charge in [0.15, 0.2) is 16.6 Å². The number of thiazole rings is 1. The van der Waals surface area contributed by atoms with Crippen molar-refractivity contribution in [1.82, 2.24) is 4.98 Å². The molecule has 1 amide bonds. The number of ketones is 1. The molecule has 1 aliphatic rings. The molecule has 37 heavy (non-hydrogen) atoms. The Bertz CT molecular complexity index is 1560. The van der Waals surface area contributed by atoms with E-state index in [-0.39, 0.29) is 11.3 Å². The Balaban J connectivity index is 1.73. The molecule has 1 saturated heterocycles. The van der Waals surface area contributed by atoms with Crippen molar-refractivity contribution in [3.63, 3.8) is 0 Å². The van der Waals surface area contributed by atoms with Crippen LogP contribution in [0.2, 0.25) is 5.02 Å². The number of hydrogen-bond donors (Lipinski definition) is 1. The van der Waals surface area contributed by atoms with E-state index in [0.29, 0.717) is 44.0 Å². The molecular formula is C27H21ClN2O6S. The number of hydrogen-bond acceptors (Lipinski definition) is 8. The molecular weight excluding hydrogens is 516 g/mol. The van der Waals surface area contributed by atoms with Gasteiger partial charge in [0.25, 0.3) is 5.78 Å². The summed E-state index contributed by atoms with van der Waals surface area (Å²) >= 11 is 7.37. The van der Waals surface area contributed by atoms with Crippen molar-refractivity contribution in [2.45, 2.75) is 6.04 Å². The standard InChI is InChI=1S/C27H21ClN2O6S/c1-34-17-8-4-14(5-9-17)24(31)22-23(15-6-11-19(35-2)20(12-15)36-3)30(26(33)25(22)32)27-29-18-10-7-16(28)13-21(18)37-27/h4-13,23,31H,1-3H3/b24-22+. The average molecular weight is 537 g/mol. The van der Waals surface area contributed by atoms with Gasteiger partial charge in [-0.15, -0.1) is 0 Å². The Morgan fingerprint density at radius 2 is 1.68 bits per heavy atom. The van der Waals surface area contributed by atoms with Crippen LogP contribution in [-0.2, 0) is 9.59 Å². The van der Waals surface area contributed by atoms with Gasteiger partial charge in [0.05, 0.1) is 43.2 Å². The van der Waals surface area contributed by atoms with E-state index >= 15 is 0 Å². The van der Waals surface area contributed by atoms with Crippen LogP contribution in [0.1, 0.15) is 17.2 Å². The van der Waals surface area contributed by atoms with Crippen LogP contribution in [0.5, 0.6) is 17.2 Å². The molecule has 1 fully saturated rings. The number of rotatable bonds is 6. The van der Waals surface area contributed by atoms with Crippen LogP contribution in [0.3, 0.4) is 0 Å². The highest BCUT2D eigenvalue weighted by atomic mass is 35.5. The highest BCUT2D eigenvalue weighted by molar-refractivity contribution is 7.22. The van der Waals surface area contributed by atoms with E-state index < -0.39 is 17.7 Å². The molecule has 1 aliphatic heterocycles. The van der Waals surface area contributed by atoms with Crippen molar-refractivity contribution < 1.29 is 28.9 Å². The fourth-order valence-electron chi connectivity index (χ4n) is 4.26. The predicted molar refractivity (Wildman–Crippen MR) is 142 cm³/mol. The number of amides is 1. The molecule has 8 nitrogen and oxygen atoms in total. The van der Waals surface area contributed by atoms with E-state index in [1.165, 1.54) is 37.6 Å². The number of methoxy groups -OCH3 is 3. The van der Waals surface area contributed by atoms with E-state index in [1.54, 1.807) is 60.7 Å². The fourth-order valence-corrected chi connectivity index (χ4v) is 5.53. The van der Waals surface area contributed by atoms with Gasteiger partial charge in [0.2, 0.25) is 0 Å². The largest absolute Gasteiger partial charge is 0.507 e. The van der Waals surface area contributed by atoms with Crippen LogP contribution in [0.4, 0.5) is 5.13 Å². The zero-order valence-electron chi connectivity index (χ0n) is 20.0. The smallest absolute Gasteiger partial charge is 0.301 e. The summed E-state index contributed by atoms with van der Waals surface area (Å²) in [7, 11) is 4.54. The number of ether oxygens (including phenoxy) is 3. The van der Waals surface area contributed by atoms with Crippen molar-refractivity contribution in [3.05, 3.63) is 82.4 Å². The Morgan fingerprint density at radius 1 is 0.946 bits per heavy atom. The Kier molecular flexibility index (Phi) is 6.49. The molecule has 188 valence electrons. The molecule has 0 spiro atoms. The first-order valence-corrected chi connectivity index (χ1v) is 12.3. The minimum absolute atomic E-state index is 0.0697. The second kappa shape index (κ2) is 9.76. The number of carbonyl (C=O) groups excluding carboxylic acids is 2. The number of aliphatic hydroxyl groups excluding tert-OH is 1. The summed E-state index contributed by atoms with van der Waals surface area (Å²) < 4.78 is 16.8. The molecule has 5 rings (SSSR count). The summed E-state index contributed by atoms with van der Waals surface area (Å²) in [5.74, 6) is -0.474. The molecule has 0 aliphatic carbocycles. The second-order valence-electron chi connectivity index (χ2n) is 8.12. The SMILES string of the molecule is COc1ccc(/C(O)=C2\C(=O)C(=O)N(c3nc4ccc(Cl)cc4s3)C2c2ccc(OC)c(OC)c2)cc1. The van der Waals surface area contributed by atoms with Crippen LogP contribution in [0.15, 0.2) is 66.2 Å². The minimum Gasteiger partial charge on any atom is -0.507 e. The number of aromatic nitrogens is 1. The third-order valence-electron chi connectivity index (χ3n) is 6.08. The minimum atomic E-state index is -0.974. The number of nitrogens with zero attached hydrogens (tertiary/aromatic N) is 2. The molecule has 1 aromatic heterocycles. The van der Waals surface area contributed by atoms with Crippen LogP contribution >= 0.6 is 22.9 Å². The lowest BCUT2D eigenvalue weighted by atomic mass is 9.95. The molecule has 4 aromatic rings. The summed E-state index contributed by atoms with van der Waals surface area (Å²) in [6, 6.07) is 15.9. The summed E-state index contributed by atoms with van der Waals surface area (Å²) in [4.78, 5) is 32.8. The second-order valence-corrected chi connectivity index (χ2v) is 9.57. The first-order chi connectivity index (χ1) is 17.9. The van der Waals surface area contributed by atoms with E-state index in [1.807, 2.05) is 0 Å². The molecule has 0 radical (unpaired) electrons. The molecule has 2 heterocycles. The molecule has 1 unspecified atom stereocenters. The summed E-state index contributed by atoms with van der Waals surface area (Å²) in [5.41, 5.74) is 1.46. The average Bonchev–Trinajstić information content (AvgIpc) is 3.45. The predicted octanol–water partition coefficient (Wildman–Crippen LogP) is 5.60. The van der Waals surface area contributed by atoms with Crippen LogP contribution in [-0.4, -0.2) is 43.1 Å². The number of anilines is 1. The van der Waals surface area contributed by atoms with Gasteiger partial charge in [0.1, 0.15) is 11.5 Å². The molecule has 0 saturated carbocycles. The van der Waals surface area contributed by atoms with Crippen molar-refractivity contribution >= 4 is 55.7 Å². The normalized spacial score (nSPS) is 16.9. The van der Waals surface area contributed by atoms with Crippen LogP contribution < -0.4 is 19.1 Å². The van der Waals surface area contributed by atoms with Crippen molar-refractivity contribution in [2.75, 3.05) is 26.2 Å². The first-order valence-electron chi connectivity index (χ1n) is 11.1. The molecule has 0 bridgehead atoms. The summed E-state index contributed by atoms with van der Waals surface area (Å²) in [6.07, 6.45) is 0. The number of fused-ring (bicyclic) bond motifs is 1. The highest BCUT2D eigenvalue weighted by Gasteiger charge is 2.48. The Morgan fingerprint density at radius 3 is 2.35 bits per heavy atom. The molecule has 1 N–H and O–H groups in total. The molecule has 3 aromatic carbocycles. The lowest BCUT2D eigenvalue weighted by Crippen LogP contribution is -2.29. The maximum absolute atomic E-state index is 13.5. The summed E-state index contributed by atoms with van der Waals surface area (Å²) in [5, 5.41) is 12.1. The lowest BCUT2D eigenvalue weighted by molar-refractivity contribution is -0.132. The van der Waals surface area contributed by atoms with Gasteiger partial charge in [-0.1, -0.05) is 29.0 Å². The lowest BCUT2D eigenvalue weighted by Gasteiger charge is -2.23. The monoisotopic (exact) mass is 536 g/mol. The third-order valence-corrected chi connectivity index (χ3v) is 7.33. The topological polar surface area (TPSA) is 98.2 Å². The maximum atomic E-state index is 13.5. The van der Waals surface area contributed by atoms with E-state index in [9.17, 15) is 14.7 Å². The Labute approximate surface area is 221 Å². The van der Waals surface area contributed by atoms with Gasteiger partial charge in [-0.05, 0) is 60.2 Å².